The highest BCUT2D eigenvalue weighted by atomic mass is 16.7. The summed E-state index contributed by atoms with van der Waals surface area (Å²) in [5.41, 5.74) is 2.19. The molecular weight excluding hydrogens is 570 g/mol. The van der Waals surface area contributed by atoms with Crippen LogP contribution in [0.4, 0.5) is 0 Å². The second-order valence-corrected chi connectivity index (χ2v) is 9.29. The summed E-state index contributed by atoms with van der Waals surface area (Å²) in [6.07, 6.45) is 1.42. The first-order valence-electron chi connectivity index (χ1n) is 13.2. The van der Waals surface area contributed by atoms with Crippen molar-refractivity contribution in [1.29, 1.82) is 5.41 Å². The molecule has 0 spiro atoms. The SMILES string of the molecule is C=C(C)C(=O)OCOc1ccc(C(=O)OCCc2ccc(OC(=O)c3ccc(OCOC(=O)C(=C)C)cc3)c(C=N)c2)cc1. The molecule has 0 heterocycles. The van der Waals surface area contributed by atoms with Crippen LogP contribution in [0.5, 0.6) is 17.2 Å². The first-order chi connectivity index (χ1) is 21.1. The highest BCUT2D eigenvalue weighted by Crippen LogP contribution is 2.22. The topological polar surface area (TPSA) is 148 Å². The number of rotatable bonds is 15. The molecule has 0 unspecified atom stereocenters. The number of hydrogen-bond donors (Lipinski definition) is 1. The lowest BCUT2D eigenvalue weighted by Gasteiger charge is -2.11. The summed E-state index contributed by atoms with van der Waals surface area (Å²) in [7, 11) is 0. The number of nitrogens with one attached hydrogen (secondary N) is 1. The van der Waals surface area contributed by atoms with Crippen LogP contribution in [0.1, 0.15) is 45.7 Å². The molecular formula is C33H31NO10. The summed E-state index contributed by atoms with van der Waals surface area (Å²) >= 11 is 0. The van der Waals surface area contributed by atoms with Gasteiger partial charge in [0.25, 0.3) is 0 Å². The van der Waals surface area contributed by atoms with Gasteiger partial charge in [-0.15, -0.1) is 0 Å². The van der Waals surface area contributed by atoms with Crippen LogP contribution in [0.15, 0.2) is 91.0 Å². The summed E-state index contributed by atoms with van der Waals surface area (Å²) in [5, 5.41) is 7.74. The minimum Gasteiger partial charge on any atom is -0.462 e. The number of ether oxygens (including phenoxy) is 6. The van der Waals surface area contributed by atoms with Gasteiger partial charge in [0.1, 0.15) is 17.2 Å². The third-order valence-electron chi connectivity index (χ3n) is 5.76. The summed E-state index contributed by atoms with van der Waals surface area (Å²) in [6.45, 7) is 9.50. The number of hydrogen-bond acceptors (Lipinski definition) is 11. The fraction of sp³-hybridized carbons (Fsp3) is 0.182. The molecule has 3 aromatic carbocycles. The monoisotopic (exact) mass is 601 g/mol. The Labute approximate surface area is 254 Å². The maximum Gasteiger partial charge on any atom is 0.343 e. The van der Waals surface area contributed by atoms with Crippen molar-refractivity contribution >= 4 is 30.1 Å². The van der Waals surface area contributed by atoms with Gasteiger partial charge in [-0.2, -0.15) is 0 Å². The summed E-state index contributed by atoms with van der Waals surface area (Å²) in [4.78, 5) is 47.9. The molecule has 0 radical (unpaired) electrons. The van der Waals surface area contributed by atoms with Crippen LogP contribution in [-0.4, -0.2) is 50.3 Å². The molecule has 0 aliphatic heterocycles. The zero-order valence-electron chi connectivity index (χ0n) is 24.3. The number of carbonyl (C=O) groups excluding carboxylic acids is 4. The minimum atomic E-state index is -0.640. The van der Waals surface area contributed by atoms with E-state index in [2.05, 4.69) is 13.2 Å². The van der Waals surface area contributed by atoms with Crippen LogP contribution in [-0.2, 0) is 30.2 Å². The highest BCUT2D eigenvalue weighted by molar-refractivity contribution is 5.93. The van der Waals surface area contributed by atoms with Gasteiger partial charge in [-0.25, -0.2) is 19.2 Å². The lowest BCUT2D eigenvalue weighted by Crippen LogP contribution is -2.12. The Balaban J connectivity index is 1.47. The van der Waals surface area contributed by atoms with E-state index in [1.165, 1.54) is 50.2 Å². The van der Waals surface area contributed by atoms with Crippen LogP contribution >= 0.6 is 0 Å². The molecule has 0 bridgehead atoms. The van der Waals surface area contributed by atoms with Gasteiger partial charge < -0.3 is 33.8 Å². The normalized spacial score (nSPS) is 10.1. The summed E-state index contributed by atoms with van der Waals surface area (Å²) < 4.78 is 31.2. The second-order valence-electron chi connectivity index (χ2n) is 9.29. The van der Waals surface area contributed by atoms with Gasteiger partial charge in [-0.1, -0.05) is 19.2 Å². The van der Waals surface area contributed by atoms with E-state index >= 15 is 0 Å². The average molecular weight is 602 g/mol. The van der Waals surface area contributed by atoms with E-state index in [9.17, 15) is 19.2 Å². The highest BCUT2D eigenvalue weighted by Gasteiger charge is 2.13. The molecule has 228 valence electrons. The number of carbonyl (C=O) groups is 4. The standard InChI is InChI=1S/C33H31NO10/c1-21(2)30(35)42-19-40-27-10-6-24(7-11-27)32(37)39-16-15-23-5-14-29(26(17-23)18-34)44-33(38)25-8-12-28(13-9-25)41-20-43-31(36)22(3)4/h5-14,17-18,34H,1,3,15-16,19-20H2,2,4H3. The predicted octanol–water partition coefficient (Wildman–Crippen LogP) is 5.21. The van der Waals surface area contributed by atoms with E-state index in [0.717, 1.165) is 11.8 Å². The molecule has 0 saturated heterocycles. The molecule has 3 aromatic rings. The van der Waals surface area contributed by atoms with Gasteiger partial charge in [0.2, 0.25) is 13.6 Å². The Morgan fingerprint density at radius 2 is 1.20 bits per heavy atom. The largest absolute Gasteiger partial charge is 0.462 e. The van der Waals surface area contributed by atoms with Crippen molar-refractivity contribution in [2.75, 3.05) is 20.2 Å². The molecule has 1 N–H and O–H groups in total. The smallest absolute Gasteiger partial charge is 0.343 e. The molecule has 11 nitrogen and oxygen atoms in total. The fourth-order valence-corrected chi connectivity index (χ4v) is 3.39. The van der Waals surface area contributed by atoms with E-state index in [0.29, 0.717) is 29.0 Å². The van der Waals surface area contributed by atoms with E-state index in [4.69, 9.17) is 33.8 Å². The van der Waals surface area contributed by atoms with Crippen LogP contribution in [0.3, 0.4) is 0 Å². The van der Waals surface area contributed by atoms with Crippen molar-refractivity contribution in [2.45, 2.75) is 20.3 Å². The van der Waals surface area contributed by atoms with Crippen LogP contribution < -0.4 is 14.2 Å². The van der Waals surface area contributed by atoms with E-state index in [1.54, 1.807) is 30.3 Å². The molecule has 0 saturated carbocycles. The second kappa shape index (κ2) is 16.1. The van der Waals surface area contributed by atoms with Crippen molar-refractivity contribution in [2.24, 2.45) is 0 Å². The summed E-state index contributed by atoms with van der Waals surface area (Å²) in [6, 6.07) is 17.1. The first kappa shape index (κ1) is 32.8. The summed E-state index contributed by atoms with van der Waals surface area (Å²) in [5.74, 6) is -1.34. The molecule has 0 amide bonds. The Kier molecular flexibility index (Phi) is 12.0. The van der Waals surface area contributed by atoms with Gasteiger partial charge in [0.05, 0.1) is 17.7 Å². The minimum absolute atomic E-state index is 0.0747. The number of benzene rings is 3. The maximum atomic E-state index is 12.7. The molecule has 0 atom stereocenters. The van der Waals surface area contributed by atoms with E-state index in [1.807, 2.05) is 0 Å². The zero-order chi connectivity index (χ0) is 32.1. The van der Waals surface area contributed by atoms with Crippen molar-refractivity contribution in [3.8, 4) is 17.2 Å². The molecule has 11 heteroatoms. The fourth-order valence-electron chi connectivity index (χ4n) is 3.39. The van der Waals surface area contributed by atoms with Crippen LogP contribution in [0.2, 0.25) is 0 Å². The van der Waals surface area contributed by atoms with Gasteiger partial charge >= 0.3 is 23.9 Å². The first-order valence-corrected chi connectivity index (χ1v) is 13.2. The predicted molar refractivity (Wildman–Crippen MR) is 159 cm³/mol. The van der Waals surface area contributed by atoms with Crippen LogP contribution in [0.25, 0.3) is 0 Å². The van der Waals surface area contributed by atoms with Gasteiger partial charge in [-0.3, -0.25) is 0 Å². The average Bonchev–Trinajstić information content (AvgIpc) is 3.01. The Morgan fingerprint density at radius 1 is 0.705 bits per heavy atom. The molecule has 3 rings (SSSR count). The maximum absolute atomic E-state index is 12.7. The zero-order valence-corrected chi connectivity index (χ0v) is 24.3. The van der Waals surface area contributed by atoms with Crippen molar-refractivity contribution in [1.82, 2.24) is 0 Å². The number of esters is 4. The molecule has 0 aliphatic carbocycles. The third-order valence-corrected chi connectivity index (χ3v) is 5.76. The van der Waals surface area contributed by atoms with Gasteiger partial charge in [0.15, 0.2) is 0 Å². The molecule has 0 aromatic heterocycles. The lowest BCUT2D eigenvalue weighted by molar-refractivity contribution is -0.146. The van der Waals surface area contributed by atoms with E-state index < -0.39 is 23.9 Å². The Morgan fingerprint density at radius 3 is 1.68 bits per heavy atom. The molecule has 0 aliphatic rings. The van der Waals surface area contributed by atoms with E-state index in [-0.39, 0.29) is 42.7 Å². The van der Waals surface area contributed by atoms with Gasteiger partial charge in [-0.05, 0) is 80.1 Å². The Hall–Kier alpha value is -5.71. The quantitative estimate of drug-likeness (QED) is 0.0614. The van der Waals surface area contributed by atoms with Crippen LogP contribution in [0, 0.1) is 5.41 Å². The molecule has 0 fully saturated rings. The molecule has 44 heavy (non-hydrogen) atoms. The third kappa shape index (κ3) is 9.98. The van der Waals surface area contributed by atoms with Crippen molar-refractivity contribution in [3.05, 3.63) is 113 Å². The lowest BCUT2D eigenvalue weighted by atomic mass is 10.1. The Bertz CT molecular complexity index is 1540. The van der Waals surface area contributed by atoms with Crippen molar-refractivity contribution < 1.29 is 47.6 Å². The van der Waals surface area contributed by atoms with Crippen molar-refractivity contribution in [3.63, 3.8) is 0 Å². The van der Waals surface area contributed by atoms with Gasteiger partial charge in [0, 0.05) is 29.3 Å².